The van der Waals surface area contributed by atoms with E-state index in [2.05, 4.69) is 20.9 Å². The number of nitrogens with zero attached hydrogens (tertiary/aromatic N) is 2. The molecule has 8 nitrogen and oxygen atoms in total. The van der Waals surface area contributed by atoms with Crippen molar-refractivity contribution in [2.24, 2.45) is 7.05 Å². The Bertz CT molecular complexity index is 1130. The van der Waals surface area contributed by atoms with Crippen molar-refractivity contribution < 1.29 is 9.59 Å². The summed E-state index contributed by atoms with van der Waals surface area (Å²) in [4.78, 5) is 42.0. The molecule has 0 bridgehead atoms. The van der Waals surface area contributed by atoms with Gasteiger partial charge >= 0.3 is 6.03 Å². The number of carbonyl (C=O) groups is 2. The van der Waals surface area contributed by atoms with Gasteiger partial charge in [-0.15, -0.1) is 11.3 Å². The van der Waals surface area contributed by atoms with Gasteiger partial charge in [-0.1, -0.05) is 0 Å². The monoisotopic (exact) mass is 397 g/mol. The smallest absolute Gasteiger partial charge is 0.319 e. The molecule has 9 heteroatoms. The molecular weight excluding hydrogens is 378 g/mol. The summed E-state index contributed by atoms with van der Waals surface area (Å²) in [6.45, 7) is 1.75. The predicted octanol–water partition coefficient (Wildman–Crippen LogP) is 2.84. The van der Waals surface area contributed by atoms with Crippen LogP contribution in [0, 0.1) is 6.92 Å². The molecule has 2 aromatic heterocycles. The van der Waals surface area contributed by atoms with E-state index in [0.717, 1.165) is 12.8 Å². The lowest BCUT2D eigenvalue weighted by atomic mass is 10.2. The van der Waals surface area contributed by atoms with Crippen LogP contribution in [0.2, 0.25) is 0 Å². The number of hydrogen-bond acceptors (Lipinski definition) is 5. The highest BCUT2D eigenvalue weighted by molar-refractivity contribution is 7.20. The molecule has 0 spiro atoms. The lowest BCUT2D eigenvalue weighted by Gasteiger charge is -2.08. The first-order chi connectivity index (χ1) is 13.4. The number of rotatable bonds is 4. The number of hydrogen-bond donors (Lipinski definition) is 3. The summed E-state index contributed by atoms with van der Waals surface area (Å²) in [6, 6.07) is 6.92. The molecule has 1 fully saturated rings. The number of urea groups is 1. The highest BCUT2D eigenvalue weighted by atomic mass is 32.1. The van der Waals surface area contributed by atoms with Crippen LogP contribution in [0.3, 0.4) is 0 Å². The van der Waals surface area contributed by atoms with Crippen molar-refractivity contribution in [1.82, 2.24) is 14.9 Å². The highest BCUT2D eigenvalue weighted by Gasteiger charge is 2.23. The molecule has 0 unspecified atom stereocenters. The third-order valence-electron chi connectivity index (χ3n) is 4.53. The third-order valence-corrected chi connectivity index (χ3v) is 5.73. The van der Waals surface area contributed by atoms with E-state index < -0.39 is 0 Å². The van der Waals surface area contributed by atoms with Gasteiger partial charge < -0.3 is 20.5 Å². The van der Waals surface area contributed by atoms with Crippen LogP contribution in [0.15, 0.2) is 35.4 Å². The van der Waals surface area contributed by atoms with Crippen LogP contribution in [-0.2, 0) is 7.05 Å². The van der Waals surface area contributed by atoms with Gasteiger partial charge in [0.1, 0.15) is 4.83 Å². The van der Waals surface area contributed by atoms with Crippen molar-refractivity contribution >= 4 is 44.9 Å². The average molecular weight is 397 g/mol. The largest absolute Gasteiger partial charge is 0.335 e. The van der Waals surface area contributed by atoms with Gasteiger partial charge in [0, 0.05) is 24.5 Å². The Hall–Kier alpha value is -3.20. The number of aryl methyl sites for hydroxylation is 2. The van der Waals surface area contributed by atoms with Gasteiger partial charge in [-0.3, -0.25) is 9.59 Å². The molecule has 0 saturated heterocycles. The summed E-state index contributed by atoms with van der Waals surface area (Å²) >= 11 is 1.20. The molecule has 3 N–H and O–H groups in total. The number of aromatic nitrogens is 2. The summed E-state index contributed by atoms with van der Waals surface area (Å²) in [5.74, 6) is -0.297. The van der Waals surface area contributed by atoms with Gasteiger partial charge in [-0.25, -0.2) is 9.78 Å². The Morgan fingerprint density at radius 3 is 2.43 bits per heavy atom. The Morgan fingerprint density at radius 1 is 1.14 bits per heavy atom. The van der Waals surface area contributed by atoms with Crippen molar-refractivity contribution in [3.63, 3.8) is 0 Å². The summed E-state index contributed by atoms with van der Waals surface area (Å²) in [6.07, 6.45) is 3.50. The number of fused-ring (bicyclic) bond motifs is 1. The number of carbonyl (C=O) groups excluding carboxylic acids is 2. The molecule has 1 aromatic carbocycles. The van der Waals surface area contributed by atoms with E-state index in [1.54, 1.807) is 38.2 Å². The summed E-state index contributed by atoms with van der Waals surface area (Å²) in [5, 5.41) is 8.90. The fraction of sp³-hybridized carbons (Fsp3) is 0.263. The zero-order chi connectivity index (χ0) is 19.8. The van der Waals surface area contributed by atoms with Crippen LogP contribution in [0.25, 0.3) is 10.2 Å². The maximum Gasteiger partial charge on any atom is 0.319 e. The number of nitrogens with one attached hydrogen (secondary N) is 3. The molecule has 0 radical (unpaired) electrons. The first kappa shape index (κ1) is 18.2. The first-order valence-electron chi connectivity index (χ1n) is 8.86. The molecule has 3 aromatic rings. The third kappa shape index (κ3) is 3.61. The van der Waals surface area contributed by atoms with Crippen LogP contribution in [0.5, 0.6) is 0 Å². The van der Waals surface area contributed by atoms with E-state index in [1.165, 1.54) is 22.2 Å². The molecule has 0 aliphatic heterocycles. The van der Waals surface area contributed by atoms with Crippen LogP contribution >= 0.6 is 11.3 Å². The van der Waals surface area contributed by atoms with Crippen LogP contribution < -0.4 is 21.5 Å². The molecule has 1 saturated carbocycles. The minimum Gasteiger partial charge on any atom is -0.335 e. The highest BCUT2D eigenvalue weighted by Crippen LogP contribution is 2.27. The van der Waals surface area contributed by atoms with Crippen molar-refractivity contribution in [3.05, 3.63) is 51.4 Å². The fourth-order valence-corrected chi connectivity index (χ4v) is 3.86. The Kier molecular flexibility index (Phi) is 4.60. The fourth-order valence-electron chi connectivity index (χ4n) is 2.83. The van der Waals surface area contributed by atoms with Crippen molar-refractivity contribution in [1.29, 1.82) is 0 Å². The standard InChI is InChI=1S/C19H19N5O3S/c1-10-14-17(20-9-24(2)18(14)26)28-15(10)16(25)21-11-3-5-12(6-4-11)22-19(27)23-13-7-8-13/h3-6,9,13H,7-8H2,1-2H3,(H,21,25)(H2,22,23,27). The second kappa shape index (κ2) is 7.08. The molecule has 1 aliphatic rings. The van der Waals surface area contributed by atoms with Crippen LogP contribution in [0.1, 0.15) is 28.1 Å². The number of anilines is 2. The summed E-state index contributed by atoms with van der Waals surface area (Å²) < 4.78 is 1.40. The Morgan fingerprint density at radius 2 is 1.79 bits per heavy atom. The normalized spacial score (nSPS) is 13.4. The zero-order valence-corrected chi connectivity index (χ0v) is 16.2. The maximum absolute atomic E-state index is 12.7. The van der Waals surface area contributed by atoms with Gasteiger partial charge in [0.05, 0.1) is 16.6 Å². The second-order valence-corrected chi connectivity index (χ2v) is 7.80. The van der Waals surface area contributed by atoms with Crippen molar-refractivity contribution in [3.8, 4) is 0 Å². The molecule has 4 rings (SSSR count). The maximum atomic E-state index is 12.7. The van der Waals surface area contributed by atoms with Gasteiger partial charge in [-0.2, -0.15) is 0 Å². The molecule has 1 aliphatic carbocycles. The second-order valence-electron chi connectivity index (χ2n) is 6.80. The van der Waals surface area contributed by atoms with E-state index in [1.807, 2.05) is 0 Å². The average Bonchev–Trinajstić information content (AvgIpc) is 3.40. The molecule has 144 valence electrons. The molecular formula is C19H19N5O3S. The number of benzene rings is 1. The van der Waals surface area contributed by atoms with E-state index in [4.69, 9.17) is 0 Å². The minimum absolute atomic E-state index is 0.169. The molecule has 2 heterocycles. The predicted molar refractivity (Wildman–Crippen MR) is 109 cm³/mol. The van der Waals surface area contributed by atoms with Gasteiger partial charge in [-0.05, 0) is 49.6 Å². The van der Waals surface area contributed by atoms with E-state index in [0.29, 0.717) is 32.0 Å². The minimum atomic E-state index is -0.297. The van der Waals surface area contributed by atoms with Gasteiger partial charge in [0.15, 0.2) is 0 Å². The first-order valence-corrected chi connectivity index (χ1v) is 9.67. The van der Waals surface area contributed by atoms with Crippen LogP contribution in [0.4, 0.5) is 16.2 Å². The van der Waals surface area contributed by atoms with Crippen molar-refractivity contribution in [2.75, 3.05) is 10.6 Å². The van der Waals surface area contributed by atoms with Gasteiger partial charge in [0.25, 0.3) is 11.5 Å². The lowest BCUT2D eigenvalue weighted by Crippen LogP contribution is -2.30. The van der Waals surface area contributed by atoms with E-state index in [9.17, 15) is 14.4 Å². The van der Waals surface area contributed by atoms with Crippen molar-refractivity contribution in [2.45, 2.75) is 25.8 Å². The quantitative estimate of drug-likeness (QED) is 0.629. The lowest BCUT2D eigenvalue weighted by molar-refractivity contribution is 0.103. The topological polar surface area (TPSA) is 105 Å². The van der Waals surface area contributed by atoms with Gasteiger partial charge in [0.2, 0.25) is 0 Å². The number of thiophene rings is 1. The zero-order valence-electron chi connectivity index (χ0n) is 15.4. The Balaban J connectivity index is 1.48. The molecule has 28 heavy (non-hydrogen) atoms. The summed E-state index contributed by atoms with van der Waals surface area (Å²) in [5.41, 5.74) is 1.69. The Labute approximate surface area is 164 Å². The van der Waals surface area contributed by atoms with Crippen LogP contribution in [-0.4, -0.2) is 27.5 Å². The van der Waals surface area contributed by atoms with E-state index in [-0.39, 0.29) is 23.5 Å². The number of amides is 3. The summed E-state index contributed by atoms with van der Waals surface area (Å²) in [7, 11) is 1.63. The SMILES string of the molecule is Cc1c(C(=O)Nc2ccc(NC(=O)NC3CC3)cc2)sc2ncn(C)c(=O)c12. The van der Waals surface area contributed by atoms with E-state index >= 15 is 0 Å². The molecule has 0 atom stereocenters. The molecule has 3 amide bonds.